The van der Waals surface area contributed by atoms with Crippen molar-refractivity contribution in [2.24, 2.45) is 5.10 Å². The van der Waals surface area contributed by atoms with Crippen molar-refractivity contribution in [3.05, 3.63) is 64.2 Å². The highest BCUT2D eigenvalue weighted by molar-refractivity contribution is 5.80. The first-order valence-corrected chi connectivity index (χ1v) is 5.86. The number of anilines is 1. The van der Waals surface area contributed by atoms with Gasteiger partial charge in [-0.25, -0.2) is 0 Å². The van der Waals surface area contributed by atoms with Crippen molar-refractivity contribution in [1.82, 2.24) is 0 Å². The molecule has 2 aromatic rings. The third-order valence-electron chi connectivity index (χ3n) is 2.58. The lowest BCUT2D eigenvalue weighted by atomic mass is 10.2. The number of hydrogen-bond acceptors (Lipinski definition) is 5. The second-order valence-electron chi connectivity index (χ2n) is 3.95. The van der Waals surface area contributed by atoms with Gasteiger partial charge in [0.05, 0.1) is 23.9 Å². The number of nitrogens with zero attached hydrogens (tertiary/aromatic N) is 2. The number of ether oxygens (including phenoxy) is 1. The Kier molecular flexibility index (Phi) is 4.28. The lowest BCUT2D eigenvalue weighted by molar-refractivity contribution is -0.384. The highest BCUT2D eigenvalue weighted by Crippen LogP contribution is 2.15. The van der Waals surface area contributed by atoms with Crippen LogP contribution in [0.15, 0.2) is 53.6 Å². The fourth-order valence-electron chi connectivity index (χ4n) is 1.56. The average Bonchev–Trinajstić information content (AvgIpc) is 2.48. The number of nitrogens with one attached hydrogen (secondary N) is 1. The minimum absolute atomic E-state index is 0.0484. The summed E-state index contributed by atoms with van der Waals surface area (Å²) < 4.78 is 5.11. The molecule has 0 atom stereocenters. The molecule has 0 saturated heterocycles. The number of nitro benzene ring substituents is 1. The molecule has 0 aromatic heterocycles. The Hall–Kier alpha value is -2.89. The maximum atomic E-state index is 10.5. The predicted octanol–water partition coefficient (Wildman–Crippen LogP) is 3.05. The van der Waals surface area contributed by atoms with E-state index in [-0.39, 0.29) is 5.69 Å². The van der Waals surface area contributed by atoms with Gasteiger partial charge in [0.2, 0.25) is 0 Å². The highest BCUT2D eigenvalue weighted by Gasteiger charge is 2.02. The number of non-ortho nitro benzene ring substituents is 1. The first-order valence-electron chi connectivity index (χ1n) is 5.86. The van der Waals surface area contributed by atoms with Crippen LogP contribution >= 0.6 is 0 Å². The van der Waals surface area contributed by atoms with Crippen LogP contribution < -0.4 is 10.2 Å². The molecule has 0 aliphatic rings. The molecule has 0 unspecified atom stereocenters. The first-order chi connectivity index (χ1) is 9.69. The summed E-state index contributed by atoms with van der Waals surface area (Å²) >= 11 is 0. The van der Waals surface area contributed by atoms with Crippen molar-refractivity contribution in [3.63, 3.8) is 0 Å². The molecular weight excluding hydrogens is 258 g/mol. The lowest BCUT2D eigenvalue weighted by Gasteiger charge is -2.01. The van der Waals surface area contributed by atoms with E-state index in [0.29, 0.717) is 5.69 Å². The molecule has 0 aliphatic carbocycles. The monoisotopic (exact) mass is 271 g/mol. The number of nitro groups is 1. The van der Waals surface area contributed by atoms with Gasteiger partial charge in [-0.1, -0.05) is 12.1 Å². The van der Waals surface area contributed by atoms with E-state index in [0.717, 1.165) is 11.3 Å². The van der Waals surface area contributed by atoms with Gasteiger partial charge in [0, 0.05) is 12.1 Å². The molecular formula is C14H13N3O3. The Morgan fingerprint density at radius 3 is 2.65 bits per heavy atom. The number of rotatable bonds is 5. The zero-order valence-corrected chi connectivity index (χ0v) is 10.8. The molecule has 0 aliphatic heterocycles. The van der Waals surface area contributed by atoms with Gasteiger partial charge in [0.25, 0.3) is 5.69 Å². The second kappa shape index (κ2) is 6.33. The van der Waals surface area contributed by atoms with Gasteiger partial charge < -0.3 is 4.74 Å². The Morgan fingerprint density at radius 2 is 2.00 bits per heavy atom. The summed E-state index contributed by atoms with van der Waals surface area (Å²) in [7, 11) is 1.60. The minimum Gasteiger partial charge on any atom is -0.497 e. The van der Waals surface area contributed by atoms with E-state index in [9.17, 15) is 10.1 Å². The smallest absolute Gasteiger partial charge is 0.269 e. The van der Waals surface area contributed by atoms with E-state index in [1.807, 2.05) is 24.3 Å². The van der Waals surface area contributed by atoms with E-state index in [1.165, 1.54) is 12.1 Å². The van der Waals surface area contributed by atoms with Crippen LogP contribution in [0.25, 0.3) is 0 Å². The summed E-state index contributed by atoms with van der Waals surface area (Å²) in [6.07, 6.45) is 1.64. The molecule has 1 N–H and O–H groups in total. The van der Waals surface area contributed by atoms with Gasteiger partial charge in [0.15, 0.2) is 0 Å². The number of methoxy groups -OCH3 is 1. The van der Waals surface area contributed by atoms with Gasteiger partial charge >= 0.3 is 0 Å². The van der Waals surface area contributed by atoms with Crippen LogP contribution in [0, 0.1) is 10.1 Å². The number of hydrogen-bond donors (Lipinski definition) is 1. The largest absolute Gasteiger partial charge is 0.497 e. The van der Waals surface area contributed by atoms with E-state index in [1.54, 1.807) is 25.5 Å². The summed E-state index contributed by atoms with van der Waals surface area (Å²) in [4.78, 5) is 10.1. The average molecular weight is 271 g/mol. The topological polar surface area (TPSA) is 76.8 Å². The summed E-state index contributed by atoms with van der Waals surface area (Å²) in [5.74, 6) is 0.754. The fourth-order valence-corrected chi connectivity index (χ4v) is 1.56. The Bertz CT molecular complexity index is 624. The molecule has 6 heteroatoms. The third kappa shape index (κ3) is 3.55. The van der Waals surface area contributed by atoms with E-state index >= 15 is 0 Å². The zero-order valence-electron chi connectivity index (χ0n) is 10.8. The molecule has 2 rings (SSSR count). The van der Waals surface area contributed by atoms with Crippen LogP contribution in [0.3, 0.4) is 0 Å². The van der Waals surface area contributed by atoms with E-state index < -0.39 is 4.92 Å². The zero-order chi connectivity index (χ0) is 14.4. The summed E-state index contributed by atoms with van der Waals surface area (Å²) in [5, 5.41) is 14.6. The van der Waals surface area contributed by atoms with Crippen LogP contribution in [0.5, 0.6) is 5.75 Å². The maximum Gasteiger partial charge on any atom is 0.269 e. The van der Waals surface area contributed by atoms with E-state index in [2.05, 4.69) is 10.5 Å². The normalized spacial score (nSPS) is 10.4. The molecule has 0 spiro atoms. The fraction of sp³-hybridized carbons (Fsp3) is 0.0714. The van der Waals surface area contributed by atoms with Crippen molar-refractivity contribution >= 4 is 17.6 Å². The SMILES string of the molecule is COc1cccc(/C=N/Nc2ccc([N+](=O)[O-])cc2)c1. The standard InChI is InChI=1S/C14H13N3O3/c1-20-14-4-2-3-11(9-14)10-15-16-12-5-7-13(8-6-12)17(18)19/h2-10,16H,1H3/b15-10+. The number of hydrazone groups is 1. The van der Waals surface area contributed by atoms with Crippen molar-refractivity contribution in [1.29, 1.82) is 0 Å². The maximum absolute atomic E-state index is 10.5. The van der Waals surface area contributed by atoms with Crippen LogP contribution in [-0.4, -0.2) is 18.2 Å². The van der Waals surface area contributed by atoms with Crippen molar-refractivity contribution in [3.8, 4) is 5.75 Å². The summed E-state index contributed by atoms with van der Waals surface area (Å²) in [6.45, 7) is 0. The highest BCUT2D eigenvalue weighted by atomic mass is 16.6. The lowest BCUT2D eigenvalue weighted by Crippen LogP contribution is -1.92. The Morgan fingerprint density at radius 1 is 1.25 bits per heavy atom. The van der Waals surface area contributed by atoms with Crippen LogP contribution in [0.4, 0.5) is 11.4 Å². The molecule has 0 amide bonds. The van der Waals surface area contributed by atoms with Gasteiger partial charge in [-0.05, 0) is 29.8 Å². The van der Waals surface area contributed by atoms with Gasteiger partial charge in [-0.3, -0.25) is 15.5 Å². The van der Waals surface area contributed by atoms with Gasteiger partial charge in [-0.15, -0.1) is 0 Å². The van der Waals surface area contributed by atoms with Gasteiger partial charge in [-0.2, -0.15) is 5.10 Å². The van der Waals surface area contributed by atoms with Gasteiger partial charge in [0.1, 0.15) is 5.75 Å². The van der Waals surface area contributed by atoms with Crippen LogP contribution in [-0.2, 0) is 0 Å². The number of benzene rings is 2. The summed E-state index contributed by atoms with van der Waals surface area (Å²) in [6, 6.07) is 13.5. The molecule has 102 valence electrons. The molecule has 2 aromatic carbocycles. The molecule has 0 bridgehead atoms. The Balaban J connectivity index is 2.00. The quantitative estimate of drug-likeness (QED) is 0.515. The molecule has 6 nitrogen and oxygen atoms in total. The minimum atomic E-state index is -0.441. The van der Waals surface area contributed by atoms with Crippen molar-refractivity contribution < 1.29 is 9.66 Å². The van der Waals surface area contributed by atoms with Crippen LogP contribution in [0.2, 0.25) is 0 Å². The molecule has 0 radical (unpaired) electrons. The molecule has 0 heterocycles. The van der Waals surface area contributed by atoms with E-state index in [4.69, 9.17) is 4.74 Å². The van der Waals surface area contributed by atoms with Crippen molar-refractivity contribution in [2.75, 3.05) is 12.5 Å². The van der Waals surface area contributed by atoms with Crippen LogP contribution in [0.1, 0.15) is 5.56 Å². The molecule has 0 saturated carbocycles. The second-order valence-corrected chi connectivity index (χ2v) is 3.95. The molecule has 20 heavy (non-hydrogen) atoms. The first kappa shape index (κ1) is 13.5. The summed E-state index contributed by atoms with van der Waals surface area (Å²) in [5.41, 5.74) is 4.41. The third-order valence-corrected chi connectivity index (χ3v) is 2.58. The Labute approximate surface area is 115 Å². The van der Waals surface area contributed by atoms with Crippen molar-refractivity contribution in [2.45, 2.75) is 0 Å². The molecule has 0 fully saturated rings. The predicted molar refractivity (Wildman–Crippen MR) is 77.3 cm³/mol.